The Kier molecular flexibility index (Phi) is 6.80. The predicted molar refractivity (Wildman–Crippen MR) is 126 cm³/mol. The van der Waals surface area contributed by atoms with Gasteiger partial charge in [0.25, 0.3) is 0 Å². The van der Waals surface area contributed by atoms with Crippen LogP contribution in [0, 0.1) is 0 Å². The fourth-order valence-corrected chi connectivity index (χ4v) is 5.87. The lowest BCUT2D eigenvalue weighted by Crippen LogP contribution is -2.52. The van der Waals surface area contributed by atoms with E-state index in [1.165, 1.54) is 42.5 Å². The van der Waals surface area contributed by atoms with E-state index in [1.807, 2.05) is 16.8 Å². The molecular formula is C24H32N6OS. The number of hydrogen-bond acceptors (Lipinski definition) is 7. The third-order valence-electron chi connectivity index (χ3n) is 6.93. The lowest BCUT2D eigenvalue weighted by atomic mass is 9.93. The molecule has 3 heterocycles. The van der Waals surface area contributed by atoms with E-state index in [0.29, 0.717) is 6.54 Å². The van der Waals surface area contributed by atoms with Crippen molar-refractivity contribution in [1.29, 1.82) is 0 Å². The Hall–Kier alpha value is -2.29. The molecule has 1 aromatic carbocycles. The highest BCUT2D eigenvalue weighted by molar-refractivity contribution is 7.09. The quantitative estimate of drug-likeness (QED) is 0.543. The molecule has 32 heavy (non-hydrogen) atoms. The van der Waals surface area contributed by atoms with E-state index in [1.54, 1.807) is 18.4 Å². The van der Waals surface area contributed by atoms with Gasteiger partial charge in [-0.1, -0.05) is 37.5 Å². The molecule has 2 aromatic heterocycles. The number of hydrogen-bond donors (Lipinski definition) is 0. The number of nitrogens with zero attached hydrogens (tertiary/aromatic N) is 6. The highest BCUT2D eigenvalue weighted by atomic mass is 32.1. The van der Waals surface area contributed by atoms with Crippen LogP contribution >= 0.6 is 11.3 Å². The van der Waals surface area contributed by atoms with Gasteiger partial charge in [-0.25, -0.2) is 4.68 Å². The Morgan fingerprint density at radius 2 is 1.81 bits per heavy atom. The van der Waals surface area contributed by atoms with Crippen molar-refractivity contribution in [2.45, 2.75) is 50.7 Å². The maximum atomic E-state index is 5.40. The zero-order valence-electron chi connectivity index (χ0n) is 18.8. The minimum absolute atomic E-state index is 0.0318. The van der Waals surface area contributed by atoms with Crippen molar-refractivity contribution in [3.05, 3.63) is 58.0 Å². The fraction of sp³-hybridized carbons (Fsp3) is 0.542. The molecule has 0 N–H and O–H groups in total. The number of ether oxygens (including phenoxy) is 1. The molecule has 0 radical (unpaired) electrons. The van der Waals surface area contributed by atoms with E-state index >= 15 is 0 Å². The zero-order chi connectivity index (χ0) is 21.8. The van der Waals surface area contributed by atoms with Crippen LogP contribution in [0.2, 0.25) is 0 Å². The van der Waals surface area contributed by atoms with Gasteiger partial charge in [0.1, 0.15) is 5.75 Å². The van der Waals surface area contributed by atoms with Crippen LogP contribution in [0.3, 0.4) is 0 Å². The molecule has 0 amide bonds. The molecule has 1 aliphatic carbocycles. The van der Waals surface area contributed by atoms with Crippen molar-refractivity contribution in [3.8, 4) is 5.75 Å². The first-order chi connectivity index (χ1) is 15.8. The van der Waals surface area contributed by atoms with Crippen LogP contribution < -0.4 is 4.74 Å². The van der Waals surface area contributed by atoms with Crippen LogP contribution in [-0.4, -0.2) is 69.3 Å². The number of piperazine rings is 1. The minimum atomic E-state index is 0.0318. The number of methoxy groups -OCH3 is 1. The molecule has 1 atom stereocenters. The summed E-state index contributed by atoms with van der Waals surface area (Å²) in [6.45, 7) is 4.99. The Labute approximate surface area is 194 Å². The SMILES string of the molecule is COc1ccc(C(c2nnnn2Cc2cccs2)N2CCN(C3CCCCC3)CC2)cc1. The largest absolute Gasteiger partial charge is 0.497 e. The van der Waals surface area contributed by atoms with Crippen LogP contribution in [0.1, 0.15) is 54.4 Å². The van der Waals surface area contributed by atoms with Crippen molar-refractivity contribution in [3.63, 3.8) is 0 Å². The number of thiophene rings is 1. The van der Waals surface area contributed by atoms with E-state index in [0.717, 1.165) is 43.8 Å². The van der Waals surface area contributed by atoms with Crippen molar-refractivity contribution < 1.29 is 4.74 Å². The summed E-state index contributed by atoms with van der Waals surface area (Å²) in [5.41, 5.74) is 1.21. The molecule has 2 aliphatic rings. The van der Waals surface area contributed by atoms with Gasteiger partial charge in [0.05, 0.1) is 19.7 Å². The summed E-state index contributed by atoms with van der Waals surface area (Å²) in [6.07, 6.45) is 6.90. The number of benzene rings is 1. The summed E-state index contributed by atoms with van der Waals surface area (Å²) >= 11 is 1.74. The van der Waals surface area contributed by atoms with Gasteiger partial charge < -0.3 is 4.74 Å². The summed E-state index contributed by atoms with van der Waals surface area (Å²) in [5, 5.41) is 15.0. The molecule has 1 aliphatic heterocycles. The maximum Gasteiger partial charge on any atom is 0.173 e. The smallest absolute Gasteiger partial charge is 0.173 e. The topological polar surface area (TPSA) is 59.3 Å². The predicted octanol–water partition coefficient (Wildman–Crippen LogP) is 3.83. The van der Waals surface area contributed by atoms with E-state index < -0.39 is 0 Å². The molecule has 2 fully saturated rings. The Bertz CT molecular complexity index is 959. The van der Waals surface area contributed by atoms with Crippen molar-refractivity contribution >= 4 is 11.3 Å². The lowest BCUT2D eigenvalue weighted by Gasteiger charge is -2.43. The average molecular weight is 453 g/mol. The molecule has 1 saturated carbocycles. The molecule has 5 rings (SSSR count). The van der Waals surface area contributed by atoms with Gasteiger partial charge in [0.15, 0.2) is 5.82 Å². The van der Waals surface area contributed by atoms with Gasteiger partial charge in [-0.15, -0.1) is 16.4 Å². The van der Waals surface area contributed by atoms with Crippen LogP contribution in [-0.2, 0) is 6.54 Å². The summed E-state index contributed by atoms with van der Waals surface area (Å²) in [4.78, 5) is 6.53. The summed E-state index contributed by atoms with van der Waals surface area (Å²) in [7, 11) is 1.71. The molecular weight excluding hydrogens is 420 g/mol. The van der Waals surface area contributed by atoms with E-state index in [-0.39, 0.29) is 6.04 Å². The summed E-state index contributed by atoms with van der Waals surface area (Å²) in [6, 6.07) is 13.4. The van der Waals surface area contributed by atoms with Gasteiger partial charge in [-0.05, 0) is 52.4 Å². The molecule has 1 unspecified atom stereocenters. The third kappa shape index (κ3) is 4.72. The molecule has 170 valence electrons. The van der Waals surface area contributed by atoms with E-state index in [2.05, 4.69) is 55.0 Å². The van der Waals surface area contributed by atoms with Gasteiger partial charge in [0.2, 0.25) is 0 Å². The first-order valence-electron chi connectivity index (χ1n) is 11.7. The van der Waals surface area contributed by atoms with Crippen LogP contribution in [0.5, 0.6) is 5.75 Å². The van der Waals surface area contributed by atoms with Crippen molar-refractivity contribution in [1.82, 2.24) is 30.0 Å². The maximum absolute atomic E-state index is 5.40. The second-order valence-corrected chi connectivity index (χ2v) is 9.85. The van der Waals surface area contributed by atoms with Crippen molar-refractivity contribution in [2.75, 3.05) is 33.3 Å². The van der Waals surface area contributed by atoms with Crippen LogP contribution in [0.15, 0.2) is 41.8 Å². The van der Waals surface area contributed by atoms with E-state index in [4.69, 9.17) is 4.74 Å². The van der Waals surface area contributed by atoms with Crippen LogP contribution in [0.4, 0.5) is 0 Å². The third-order valence-corrected chi connectivity index (χ3v) is 7.79. The summed E-state index contributed by atoms with van der Waals surface area (Å²) in [5.74, 6) is 1.78. The normalized spacial score (nSPS) is 19.8. The van der Waals surface area contributed by atoms with Crippen molar-refractivity contribution in [2.24, 2.45) is 0 Å². The molecule has 1 saturated heterocycles. The highest BCUT2D eigenvalue weighted by Crippen LogP contribution is 2.31. The minimum Gasteiger partial charge on any atom is -0.497 e. The standard InChI is InChI=1S/C24H32N6OS/c1-31-21-11-9-19(10-12-21)23(24-25-26-27-30(24)18-22-8-5-17-32-22)29-15-13-28(14-16-29)20-6-3-2-4-7-20/h5,8-12,17,20,23H,2-4,6-7,13-16,18H2,1H3. The molecule has 3 aromatic rings. The zero-order valence-corrected chi connectivity index (χ0v) is 19.6. The molecule has 7 nitrogen and oxygen atoms in total. The Morgan fingerprint density at radius 3 is 2.50 bits per heavy atom. The van der Waals surface area contributed by atoms with E-state index in [9.17, 15) is 0 Å². The second-order valence-electron chi connectivity index (χ2n) is 8.81. The number of tetrazole rings is 1. The van der Waals surface area contributed by atoms with Gasteiger partial charge in [-0.2, -0.15) is 0 Å². The molecule has 0 spiro atoms. The Balaban J connectivity index is 1.39. The monoisotopic (exact) mass is 452 g/mol. The number of rotatable bonds is 7. The first kappa shape index (κ1) is 21.6. The Morgan fingerprint density at radius 1 is 1.03 bits per heavy atom. The summed E-state index contributed by atoms with van der Waals surface area (Å²) < 4.78 is 7.36. The lowest BCUT2D eigenvalue weighted by molar-refractivity contribution is 0.0620. The first-order valence-corrected chi connectivity index (χ1v) is 12.6. The average Bonchev–Trinajstić information content (AvgIpc) is 3.54. The van der Waals surface area contributed by atoms with Gasteiger partial charge in [0, 0.05) is 37.1 Å². The van der Waals surface area contributed by atoms with Gasteiger partial charge >= 0.3 is 0 Å². The van der Waals surface area contributed by atoms with Gasteiger partial charge in [-0.3, -0.25) is 9.80 Å². The fourth-order valence-electron chi connectivity index (χ4n) is 5.19. The van der Waals surface area contributed by atoms with Crippen LogP contribution in [0.25, 0.3) is 0 Å². The number of aromatic nitrogens is 4. The molecule has 8 heteroatoms. The highest BCUT2D eigenvalue weighted by Gasteiger charge is 2.32. The molecule has 0 bridgehead atoms. The second kappa shape index (κ2) is 10.1.